The van der Waals surface area contributed by atoms with Crippen LogP contribution < -0.4 is 10.9 Å². The lowest BCUT2D eigenvalue weighted by Crippen LogP contribution is -2.05. The molecule has 0 atom stereocenters. The minimum absolute atomic E-state index is 0.201. The fraction of sp³-hybridized carbons (Fsp3) is 0.0667. The minimum Gasteiger partial charge on any atom is -0.388 e. The Morgan fingerprint density at radius 3 is 2.68 bits per heavy atom. The zero-order valence-corrected chi connectivity index (χ0v) is 10.4. The van der Waals surface area contributed by atoms with Crippen LogP contribution in [0.3, 0.4) is 0 Å². The van der Waals surface area contributed by atoms with E-state index in [0.29, 0.717) is 10.9 Å². The smallest absolute Gasteiger partial charge is 0.348 e. The number of fused-ring (bicyclic) bond motifs is 1. The van der Waals surface area contributed by atoms with E-state index in [0.717, 1.165) is 11.3 Å². The molecule has 4 heteroatoms. The molecule has 0 unspecified atom stereocenters. The SMILES string of the molecule is Cc1ccc2nc(Nc3ccccc3)oc(=O)c2c1. The molecule has 0 aliphatic heterocycles. The van der Waals surface area contributed by atoms with Gasteiger partial charge in [0.2, 0.25) is 0 Å². The molecule has 0 saturated carbocycles. The van der Waals surface area contributed by atoms with E-state index in [1.807, 2.05) is 49.4 Å². The van der Waals surface area contributed by atoms with Crippen molar-refractivity contribution in [3.8, 4) is 0 Å². The summed E-state index contributed by atoms with van der Waals surface area (Å²) in [5, 5.41) is 3.47. The monoisotopic (exact) mass is 252 g/mol. The number of aryl methyl sites for hydroxylation is 1. The molecular weight excluding hydrogens is 240 g/mol. The molecule has 1 aromatic heterocycles. The molecule has 1 N–H and O–H groups in total. The van der Waals surface area contributed by atoms with Crippen LogP contribution in [0, 0.1) is 6.92 Å². The number of nitrogens with one attached hydrogen (secondary N) is 1. The van der Waals surface area contributed by atoms with E-state index in [-0.39, 0.29) is 11.6 Å². The van der Waals surface area contributed by atoms with E-state index < -0.39 is 0 Å². The van der Waals surface area contributed by atoms with Crippen molar-refractivity contribution in [2.24, 2.45) is 0 Å². The molecule has 0 amide bonds. The molecule has 3 aromatic rings. The molecule has 0 aliphatic rings. The average molecular weight is 252 g/mol. The van der Waals surface area contributed by atoms with Gasteiger partial charge in [0, 0.05) is 5.69 Å². The highest BCUT2D eigenvalue weighted by molar-refractivity contribution is 5.78. The molecular formula is C15H12N2O2. The Balaban J connectivity index is 2.07. The third-order valence-corrected chi connectivity index (χ3v) is 2.81. The quantitative estimate of drug-likeness (QED) is 0.760. The number of anilines is 2. The Kier molecular flexibility index (Phi) is 2.76. The Morgan fingerprint density at radius 1 is 1.11 bits per heavy atom. The fourth-order valence-electron chi connectivity index (χ4n) is 1.88. The lowest BCUT2D eigenvalue weighted by atomic mass is 10.2. The van der Waals surface area contributed by atoms with Gasteiger partial charge in [-0.1, -0.05) is 29.8 Å². The second kappa shape index (κ2) is 4.57. The van der Waals surface area contributed by atoms with Crippen LogP contribution in [-0.2, 0) is 0 Å². The van der Waals surface area contributed by atoms with Crippen LogP contribution in [0.5, 0.6) is 0 Å². The first-order valence-corrected chi connectivity index (χ1v) is 5.96. The first-order valence-electron chi connectivity index (χ1n) is 5.96. The summed E-state index contributed by atoms with van der Waals surface area (Å²) in [6, 6.07) is 15.2. The van der Waals surface area contributed by atoms with E-state index in [2.05, 4.69) is 10.3 Å². The first-order chi connectivity index (χ1) is 9.22. The van der Waals surface area contributed by atoms with Crippen molar-refractivity contribution < 1.29 is 4.42 Å². The number of nitrogens with zero attached hydrogens (tertiary/aromatic N) is 1. The van der Waals surface area contributed by atoms with Crippen LogP contribution in [0.2, 0.25) is 0 Å². The van der Waals surface area contributed by atoms with Gasteiger partial charge in [0.1, 0.15) is 0 Å². The van der Waals surface area contributed by atoms with Gasteiger partial charge in [0.15, 0.2) is 0 Å². The zero-order valence-electron chi connectivity index (χ0n) is 10.4. The highest BCUT2D eigenvalue weighted by atomic mass is 16.4. The van der Waals surface area contributed by atoms with Gasteiger partial charge in [0.25, 0.3) is 0 Å². The summed E-state index contributed by atoms with van der Waals surface area (Å²) in [7, 11) is 0. The van der Waals surface area contributed by atoms with Gasteiger partial charge in [-0.25, -0.2) is 4.79 Å². The predicted octanol–water partition coefficient (Wildman–Crippen LogP) is 3.24. The summed E-state index contributed by atoms with van der Waals surface area (Å²) < 4.78 is 5.17. The Labute approximate surface area is 109 Å². The second-order valence-corrected chi connectivity index (χ2v) is 4.32. The highest BCUT2D eigenvalue weighted by Gasteiger charge is 2.06. The van der Waals surface area contributed by atoms with Gasteiger partial charge in [-0.15, -0.1) is 0 Å². The fourth-order valence-corrected chi connectivity index (χ4v) is 1.88. The number of rotatable bonds is 2. The summed E-state index contributed by atoms with van der Waals surface area (Å²) in [5.41, 5.74) is 2.07. The van der Waals surface area contributed by atoms with Crippen molar-refractivity contribution in [1.29, 1.82) is 0 Å². The molecule has 3 rings (SSSR count). The van der Waals surface area contributed by atoms with E-state index >= 15 is 0 Å². The third-order valence-electron chi connectivity index (χ3n) is 2.81. The molecule has 0 bridgehead atoms. The summed E-state index contributed by atoms with van der Waals surface area (Å²) in [6.07, 6.45) is 0. The lowest BCUT2D eigenvalue weighted by molar-refractivity contribution is 0.522. The number of aromatic nitrogens is 1. The van der Waals surface area contributed by atoms with Crippen molar-refractivity contribution in [3.63, 3.8) is 0 Å². The Bertz CT molecular complexity index is 779. The molecule has 19 heavy (non-hydrogen) atoms. The van der Waals surface area contributed by atoms with E-state index in [9.17, 15) is 4.79 Å². The van der Waals surface area contributed by atoms with E-state index in [1.165, 1.54) is 0 Å². The molecule has 0 aliphatic carbocycles. The summed E-state index contributed by atoms with van der Waals surface area (Å²) >= 11 is 0. The van der Waals surface area contributed by atoms with Gasteiger partial charge >= 0.3 is 11.6 Å². The summed E-state index contributed by atoms with van der Waals surface area (Å²) in [6.45, 7) is 1.93. The molecule has 2 aromatic carbocycles. The Morgan fingerprint density at radius 2 is 1.89 bits per heavy atom. The molecule has 4 nitrogen and oxygen atoms in total. The van der Waals surface area contributed by atoms with Gasteiger partial charge in [-0.3, -0.25) is 0 Å². The van der Waals surface area contributed by atoms with Crippen molar-refractivity contribution in [2.75, 3.05) is 5.32 Å². The largest absolute Gasteiger partial charge is 0.388 e. The van der Waals surface area contributed by atoms with Crippen LogP contribution in [0.15, 0.2) is 57.7 Å². The first kappa shape index (κ1) is 11.5. The van der Waals surface area contributed by atoms with Crippen molar-refractivity contribution in [3.05, 3.63) is 64.5 Å². The molecule has 0 saturated heterocycles. The third kappa shape index (κ3) is 2.33. The molecule has 0 spiro atoms. The zero-order chi connectivity index (χ0) is 13.2. The maximum absolute atomic E-state index is 11.9. The number of para-hydroxylation sites is 1. The number of benzene rings is 2. The van der Waals surface area contributed by atoms with Gasteiger partial charge in [-0.05, 0) is 31.2 Å². The Hall–Kier alpha value is -2.62. The lowest BCUT2D eigenvalue weighted by Gasteiger charge is -2.04. The molecule has 94 valence electrons. The van der Waals surface area contributed by atoms with Crippen LogP contribution in [0.1, 0.15) is 5.56 Å². The van der Waals surface area contributed by atoms with Gasteiger partial charge < -0.3 is 9.73 Å². The summed E-state index contributed by atoms with van der Waals surface area (Å²) in [4.78, 5) is 16.2. The van der Waals surface area contributed by atoms with E-state index in [1.54, 1.807) is 6.07 Å². The standard InChI is InChI=1S/C15H12N2O2/c1-10-7-8-13-12(9-10)14(18)19-15(17-13)16-11-5-3-2-4-6-11/h2-9H,1H3,(H,16,17). The van der Waals surface area contributed by atoms with Crippen LogP contribution in [0.25, 0.3) is 10.9 Å². The van der Waals surface area contributed by atoms with Crippen LogP contribution in [0.4, 0.5) is 11.7 Å². The maximum Gasteiger partial charge on any atom is 0.348 e. The highest BCUT2D eigenvalue weighted by Crippen LogP contribution is 2.16. The number of hydrogen-bond acceptors (Lipinski definition) is 4. The maximum atomic E-state index is 11.9. The normalized spacial score (nSPS) is 10.6. The minimum atomic E-state index is -0.382. The average Bonchev–Trinajstić information content (AvgIpc) is 2.41. The van der Waals surface area contributed by atoms with Gasteiger partial charge in [0.05, 0.1) is 10.9 Å². The van der Waals surface area contributed by atoms with Crippen LogP contribution >= 0.6 is 0 Å². The van der Waals surface area contributed by atoms with Crippen LogP contribution in [-0.4, -0.2) is 4.98 Å². The predicted molar refractivity (Wildman–Crippen MR) is 74.7 cm³/mol. The second-order valence-electron chi connectivity index (χ2n) is 4.32. The van der Waals surface area contributed by atoms with Crippen molar-refractivity contribution in [2.45, 2.75) is 6.92 Å². The van der Waals surface area contributed by atoms with E-state index in [4.69, 9.17) is 4.42 Å². The number of hydrogen-bond donors (Lipinski definition) is 1. The molecule has 0 fully saturated rings. The molecule has 1 heterocycles. The van der Waals surface area contributed by atoms with Crippen molar-refractivity contribution in [1.82, 2.24) is 4.98 Å². The van der Waals surface area contributed by atoms with Gasteiger partial charge in [-0.2, -0.15) is 4.98 Å². The topological polar surface area (TPSA) is 55.1 Å². The summed E-state index contributed by atoms with van der Waals surface area (Å²) in [5.74, 6) is 0. The molecule has 0 radical (unpaired) electrons. The van der Waals surface area contributed by atoms with Crippen molar-refractivity contribution >= 4 is 22.6 Å².